The summed E-state index contributed by atoms with van der Waals surface area (Å²) in [5, 5.41) is 0. The largest absolute Gasteiger partial charge is 0.398 e. The molecule has 0 aliphatic carbocycles. The summed E-state index contributed by atoms with van der Waals surface area (Å²) in [6.07, 6.45) is 0. The Bertz CT molecular complexity index is 451. The Morgan fingerprint density at radius 3 is 2.33 bits per heavy atom. The first-order valence-corrected chi connectivity index (χ1v) is 5.34. The Morgan fingerprint density at radius 1 is 1.00 bits per heavy atom. The second kappa shape index (κ2) is 4.37. The van der Waals surface area contributed by atoms with Crippen molar-refractivity contribution in [2.75, 3.05) is 5.73 Å². The first-order valence-electron chi connectivity index (χ1n) is 4.81. The fourth-order valence-electron chi connectivity index (χ4n) is 1.58. The molecule has 2 N–H and O–H groups in total. The summed E-state index contributed by atoms with van der Waals surface area (Å²) in [7, 11) is 0. The van der Waals surface area contributed by atoms with Gasteiger partial charge in [0.1, 0.15) is 0 Å². The van der Waals surface area contributed by atoms with Crippen LogP contribution in [0.15, 0.2) is 48.5 Å². The van der Waals surface area contributed by atoms with E-state index in [0.717, 1.165) is 22.4 Å². The highest BCUT2D eigenvalue weighted by Crippen LogP contribution is 2.26. The average Bonchev–Trinajstić information content (AvgIpc) is 2.30. The Morgan fingerprint density at radius 2 is 1.73 bits per heavy atom. The number of rotatable bonds is 2. The summed E-state index contributed by atoms with van der Waals surface area (Å²) >= 11 is 5.74. The van der Waals surface area contributed by atoms with Crippen LogP contribution in [-0.2, 0) is 5.88 Å². The van der Waals surface area contributed by atoms with Gasteiger partial charge in [-0.2, -0.15) is 0 Å². The lowest BCUT2D eigenvalue weighted by Gasteiger charge is -2.06. The molecule has 15 heavy (non-hydrogen) atoms. The van der Waals surface area contributed by atoms with Gasteiger partial charge in [-0.1, -0.05) is 42.5 Å². The summed E-state index contributed by atoms with van der Waals surface area (Å²) in [6.45, 7) is 0. The molecular formula is C13H12ClN. The number of nitrogens with two attached hydrogens (primary N) is 1. The van der Waals surface area contributed by atoms with E-state index in [4.69, 9.17) is 17.3 Å². The molecule has 0 aliphatic heterocycles. The number of nitrogen functional groups attached to an aromatic ring is 1. The van der Waals surface area contributed by atoms with Crippen LogP contribution in [0.2, 0.25) is 0 Å². The van der Waals surface area contributed by atoms with E-state index in [9.17, 15) is 0 Å². The molecule has 0 atom stereocenters. The van der Waals surface area contributed by atoms with Crippen molar-refractivity contribution in [1.82, 2.24) is 0 Å². The van der Waals surface area contributed by atoms with Crippen LogP contribution in [-0.4, -0.2) is 0 Å². The van der Waals surface area contributed by atoms with Gasteiger partial charge in [0.05, 0.1) is 0 Å². The maximum atomic E-state index is 5.97. The molecule has 2 rings (SSSR count). The number of benzene rings is 2. The highest BCUT2D eigenvalue weighted by atomic mass is 35.5. The molecule has 0 aromatic heterocycles. The lowest BCUT2D eigenvalue weighted by atomic mass is 10.0. The third-order valence-corrected chi connectivity index (χ3v) is 2.66. The zero-order valence-electron chi connectivity index (χ0n) is 8.28. The van der Waals surface area contributed by atoms with E-state index in [2.05, 4.69) is 0 Å². The van der Waals surface area contributed by atoms with Crippen molar-refractivity contribution >= 4 is 17.3 Å². The second-order valence-corrected chi connectivity index (χ2v) is 3.69. The van der Waals surface area contributed by atoms with E-state index >= 15 is 0 Å². The molecule has 2 aromatic rings. The first kappa shape index (κ1) is 10.1. The van der Waals surface area contributed by atoms with E-state index in [1.807, 2.05) is 48.5 Å². The molecule has 0 unspecified atom stereocenters. The fraction of sp³-hybridized carbons (Fsp3) is 0.0769. The average molecular weight is 218 g/mol. The van der Waals surface area contributed by atoms with Gasteiger partial charge in [-0.25, -0.2) is 0 Å². The van der Waals surface area contributed by atoms with E-state index < -0.39 is 0 Å². The maximum Gasteiger partial charge on any atom is 0.0474 e. The van der Waals surface area contributed by atoms with Gasteiger partial charge in [-0.3, -0.25) is 0 Å². The van der Waals surface area contributed by atoms with Crippen molar-refractivity contribution in [2.45, 2.75) is 5.88 Å². The number of alkyl halides is 1. The van der Waals surface area contributed by atoms with Crippen molar-refractivity contribution in [3.8, 4) is 11.1 Å². The monoisotopic (exact) mass is 217 g/mol. The molecule has 0 aliphatic rings. The third kappa shape index (κ3) is 2.13. The molecule has 0 fully saturated rings. The topological polar surface area (TPSA) is 26.0 Å². The van der Waals surface area contributed by atoms with Crippen LogP contribution in [0.3, 0.4) is 0 Å². The lowest BCUT2D eigenvalue weighted by molar-refractivity contribution is 1.40. The molecule has 0 saturated carbocycles. The summed E-state index contributed by atoms with van der Waals surface area (Å²) < 4.78 is 0. The highest BCUT2D eigenvalue weighted by molar-refractivity contribution is 6.17. The molecule has 0 bridgehead atoms. The Balaban J connectivity index is 2.46. The van der Waals surface area contributed by atoms with Crippen molar-refractivity contribution in [2.24, 2.45) is 0 Å². The smallest absolute Gasteiger partial charge is 0.0474 e. The van der Waals surface area contributed by atoms with Gasteiger partial charge in [0.25, 0.3) is 0 Å². The SMILES string of the molecule is Nc1cc(CCl)ccc1-c1ccccc1. The molecule has 0 saturated heterocycles. The molecule has 0 radical (unpaired) electrons. The molecule has 0 spiro atoms. The predicted octanol–water partition coefficient (Wildman–Crippen LogP) is 3.67. The maximum absolute atomic E-state index is 5.97. The van der Waals surface area contributed by atoms with E-state index in [-0.39, 0.29) is 0 Å². The van der Waals surface area contributed by atoms with E-state index in [0.29, 0.717) is 5.88 Å². The summed E-state index contributed by atoms with van der Waals surface area (Å²) in [6, 6.07) is 16.0. The highest BCUT2D eigenvalue weighted by Gasteiger charge is 2.02. The van der Waals surface area contributed by atoms with Gasteiger partial charge in [0, 0.05) is 17.1 Å². The molecule has 76 valence electrons. The van der Waals surface area contributed by atoms with Crippen molar-refractivity contribution in [1.29, 1.82) is 0 Å². The number of anilines is 1. The molecule has 0 heterocycles. The minimum Gasteiger partial charge on any atom is -0.398 e. The predicted molar refractivity (Wildman–Crippen MR) is 65.8 cm³/mol. The zero-order valence-corrected chi connectivity index (χ0v) is 9.04. The molecule has 0 amide bonds. The molecule has 1 nitrogen and oxygen atoms in total. The van der Waals surface area contributed by atoms with Crippen molar-refractivity contribution in [3.05, 3.63) is 54.1 Å². The normalized spacial score (nSPS) is 10.2. The minimum atomic E-state index is 0.499. The molecule has 2 aromatic carbocycles. The van der Waals surface area contributed by atoms with Gasteiger partial charge < -0.3 is 5.73 Å². The van der Waals surface area contributed by atoms with E-state index in [1.165, 1.54) is 0 Å². The minimum absolute atomic E-state index is 0.499. The molecular weight excluding hydrogens is 206 g/mol. The Hall–Kier alpha value is -1.47. The third-order valence-electron chi connectivity index (χ3n) is 2.36. The fourth-order valence-corrected chi connectivity index (χ4v) is 1.74. The van der Waals surface area contributed by atoms with Crippen LogP contribution >= 0.6 is 11.6 Å². The first-order chi connectivity index (χ1) is 7.31. The number of hydrogen-bond acceptors (Lipinski definition) is 1. The second-order valence-electron chi connectivity index (χ2n) is 3.42. The van der Waals surface area contributed by atoms with Crippen LogP contribution in [0.1, 0.15) is 5.56 Å². The van der Waals surface area contributed by atoms with Gasteiger partial charge in [0.2, 0.25) is 0 Å². The van der Waals surface area contributed by atoms with Crippen LogP contribution < -0.4 is 5.73 Å². The Kier molecular flexibility index (Phi) is 2.93. The van der Waals surface area contributed by atoms with Crippen LogP contribution in [0.4, 0.5) is 5.69 Å². The van der Waals surface area contributed by atoms with Crippen molar-refractivity contribution < 1.29 is 0 Å². The quantitative estimate of drug-likeness (QED) is 0.603. The van der Waals surface area contributed by atoms with Gasteiger partial charge >= 0.3 is 0 Å². The van der Waals surface area contributed by atoms with Gasteiger partial charge in [-0.05, 0) is 17.2 Å². The number of hydrogen-bond donors (Lipinski definition) is 1. The molecule has 2 heteroatoms. The van der Waals surface area contributed by atoms with Gasteiger partial charge in [-0.15, -0.1) is 11.6 Å². The number of halogens is 1. The van der Waals surface area contributed by atoms with E-state index in [1.54, 1.807) is 0 Å². The van der Waals surface area contributed by atoms with Gasteiger partial charge in [0.15, 0.2) is 0 Å². The van der Waals surface area contributed by atoms with Crippen LogP contribution in [0.5, 0.6) is 0 Å². The standard InChI is InChI=1S/C13H12ClN/c14-9-10-6-7-12(13(15)8-10)11-4-2-1-3-5-11/h1-8H,9,15H2. The van der Waals surface area contributed by atoms with Crippen LogP contribution in [0, 0.1) is 0 Å². The lowest BCUT2D eigenvalue weighted by Crippen LogP contribution is -1.91. The zero-order chi connectivity index (χ0) is 10.7. The summed E-state index contributed by atoms with van der Waals surface area (Å²) in [5.41, 5.74) is 9.99. The Labute approximate surface area is 94.5 Å². The summed E-state index contributed by atoms with van der Waals surface area (Å²) in [5.74, 6) is 0.499. The van der Waals surface area contributed by atoms with Crippen LogP contribution in [0.25, 0.3) is 11.1 Å². The summed E-state index contributed by atoms with van der Waals surface area (Å²) in [4.78, 5) is 0. The van der Waals surface area contributed by atoms with Crippen molar-refractivity contribution in [3.63, 3.8) is 0 Å².